The van der Waals surface area contributed by atoms with Gasteiger partial charge in [-0.15, -0.1) is 0 Å². The van der Waals surface area contributed by atoms with E-state index in [0.29, 0.717) is 0 Å². The Balaban J connectivity index is 2.49. The van der Waals surface area contributed by atoms with E-state index in [4.69, 9.17) is 11.6 Å². The van der Waals surface area contributed by atoms with Crippen LogP contribution in [0.4, 0.5) is 11.6 Å². The lowest BCUT2D eigenvalue weighted by atomic mass is 10.3. The molecule has 0 aliphatic rings. The van der Waals surface area contributed by atoms with Crippen LogP contribution in [-0.4, -0.2) is 28.5 Å². The van der Waals surface area contributed by atoms with Crippen molar-refractivity contribution in [3.8, 4) is 0 Å². The van der Waals surface area contributed by atoms with Crippen molar-refractivity contribution in [1.29, 1.82) is 0 Å². The minimum absolute atomic E-state index is 0.0605. The normalized spacial score (nSPS) is 11.2. The van der Waals surface area contributed by atoms with E-state index < -0.39 is 25.5 Å². The Hall–Kier alpha value is -2.20. The molecule has 9 nitrogen and oxygen atoms in total. The van der Waals surface area contributed by atoms with Gasteiger partial charge in [-0.1, -0.05) is 11.6 Å². The van der Waals surface area contributed by atoms with E-state index in [0.717, 1.165) is 18.5 Å². The Labute approximate surface area is 111 Å². The van der Waals surface area contributed by atoms with Crippen molar-refractivity contribution in [2.45, 2.75) is 4.90 Å². The predicted molar refractivity (Wildman–Crippen MR) is 65.3 cm³/mol. The molecular weight excluding hydrogens is 298 g/mol. The van der Waals surface area contributed by atoms with Gasteiger partial charge in [0.1, 0.15) is 6.33 Å². The number of nitrogens with zero attached hydrogens (tertiary/aromatic N) is 3. The van der Waals surface area contributed by atoms with Gasteiger partial charge in [0.25, 0.3) is 15.7 Å². The molecule has 1 aromatic carbocycles. The predicted octanol–water partition coefficient (Wildman–Crippen LogP) is 1.17. The summed E-state index contributed by atoms with van der Waals surface area (Å²) in [4.78, 5) is 13.1. The number of rotatable bonds is 4. The molecule has 0 atom stereocenters. The molecule has 2 rings (SSSR count). The van der Waals surface area contributed by atoms with Crippen LogP contribution in [-0.2, 0) is 10.0 Å². The molecule has 0 aliphatic heterocycles. The second kappa shape index (κ2) is 4.82. The number of benzene rings is 1. The van der Waals surface area contributed by atoms with Gasteiger partial charge >= 0.3 is 0 Å². The van der Waals surface area contributed by atoms with E-state index in [2.05, 4.69) is 15.2 Å². The van der Waals surface area contributed by atoms with Crippen LogP contribution in [0.15, 0.2) is 29.4 Å². The summed E-state index contributed by atoms with van der Waals surface area (Å²) in [7, 11) is -4.16. The first kappa shape index (κ1) is 13.2. The summed E-state index contributed by atoms with van der Waals surface area (Å²) < 4.78 is 26.0. The Kier molecular flexibility index (Phi) is 3.36. The summed E-state index contributed by atoms with van der Waals surface area (Å²) in [5.74, 6) is -0.149. The van der Waals surface area contributed by atoms with Crippen LogP contribution in [0.1, 0.15) is 0 Å². The average Bonchev–Trinajstić information content (AvgIpc) is 2.80. The third-order valence-electron chi connectivity index (χ3n) is 2.05. The summed E-state index contributed by atoms with van der Waals surface area (Å²) in [6, 6.07) is 3.24. The zero-order chi connectivity index (χ0) is 14.0. The van der Waals surface area contributed by atoms with Gasteiger partial charge < -0.3 is 0 Å². The average molecular weight is 304 g/mol. The van der Waals surface area contributed by atoms with Gasteiger partial charge in [-0.3, -0.25) is 10.1 Å². The zero-order valence-electron chi connectivity index (χ0n) is 9.07. The van der Waals surface area contributed by atoms with Crippen LogP contribution in [0.3, 0.4) is 0 Å². The minimum Gasteiger partial charge on any atom is -0.258 e. The molecule has 0 bridgehead atoms. The summed E-state index contributed by atoms with van der Waals surface area (Å²) in [5, 5.41) is 16.6. The topological polar surface area (TPSA) is 131 Å². The van der Waals surface area contributed by atoms with E-state index >= 15 is 0 Å². The third kappa shape index (κ3) is 2.80. The maximum atomic E-state index is 12.0. The molecule has 1 aromatic heterocycles. The fraction of sp³-hybridized carbons (Fsp3) is 0. The molecule has 0 amide bonds. The number of sulfonamides is 1. The van der Waals surface area contributed by atoms with Crippen molar-refractivity contribution in [3.63, 3.8) is 0 Å². The van der Waals surface area contributed by atoms with E-state index in [1.807, 2.05) is 4.72 Å². The van der Waals surface area contributed by atoms with Gasteiger partial charge in [-0.25, -0.2) is 18.2 Å². The van der Waals surface area contributed by atoms with Crippen LogP contribution in [0.25, 0.3) is 0 Å². The molecular formula is C8H6ClN5O4S. The summed E-state index contributed by atoms with van der Waals surface area (Å²) >= 11 is 5.61. The summed E-state index contributed by atoms with van der Waals surface area (Å²) in [6.07, 6.45) is 1.09. The zero-order valence-corrected chi connectivity index (χ0v) is 10.6. The molecule has 0 radical (unpaired) electrons. The van der Waals surface area contributed by atoms with Gasteiger partial charge in [-0.2, -0.15) is 10.1 Å². The lowest BCUT2D eigenvalue weighted by molar-refractivity contribution is -0.387. The molecule has 0 unspecified atom stereocenters. The Morgan fingerprint density at radius 1 is 1.42 bits per heavy atom. The van der Waals surface area contributed by atoms with Gasteiger partial charge in [0.05, 0.1) is 4.92 Å². The van der Waals surface area contributed by atoms with Crippen molar-refractivity contribution in [2.24, 2.45) is 0 Å². The fourth-order valence-corrected chi connectivity index (χ4v) is 2.58. The molecule has 19 heavy (non-hydrogen) atoms. The smallest absolute Gasteiger partial charge is 0.258 e. The second-order valence-electron chi connectivity index (χ2n) is 3.31. The highest BCUT2D eigenvalue weighted by Gasteiger charge is 2.26. The molecule has 11 heteroatoms. The Morgan fingerprint density at radius 2 is 2.16 bits per heavy atom. The first-order valence-electron chi connectivity index (χ1n) is 4.72. The molecule has 1 heterocycles. The molecule has 100 valence electrons. The number of hydrogen-bond acceptors (Lipinski definition) is 6. The molecule has 2 aromatic rings. The number of nitro groups is 1. The maximum Gasteiger partial charge on any atom is 0.291 e. The van der Waals surface area contributed by atoms with Crippen molar-refractivity contribution in [2.75, 3.05) is 4.72 Å². The summed E-state index contributed by atoms with van der Waals surface area (Å²) in [5.41, 5.74) is -0.625. The molecule has 0 saturated carbocycles. The number of aromatic amines is 1. The van der Waals surface area contributed by atoms with Crippen molar-refractivity contribution in [3.05, 3.63) is 39.7 Å². The van der Waals surface area contributed by atoms with Crippen LogP contribution in [0.5, 0.6) is 0 Å². The van der Waals surface area contributed by atoms with E-state index in [1.54, 1.807) is 0 Å². The highest BCUT2D eigenvalue weighted by molar-refractivity contribution is 7.92. The van der Waals surface area contributed by atoms with Crippen molar-refractivity contribution in [1.82, 2.24) is 15.2 Å². The quantitative estimate of drug-likeness (QED) is 0.643. The molecule has 2 N–H and O–H groups in total. The first-order valence-corrected chi connectivity index (χ1v) is 6.58. The standard InChI is InChI=1S/C8H6ClN5O4S/c9-5-1-2-7(6(3-5)14(15)16)19(17,18)13-8-10-4-11-12-8/h1-4H,(H2,10,11,12,13). The van der Waals surface area contributed by atoms with E-state index in [9.17, 15) is 18.5 Å². The van der Waals surface area contributed by atoms with Gasteiger partial charge in [0.15, 0.2) is 4.90 Å². The van der Waals surface area contributed by atoms with Crippen LogP contribution in [0.2, 0.25) is 5.02 Å². The molecule has 0 saturated heterocycles. The number of halogens is 1. The van der Waals surface area contributed by atoms with Crippen LogP contribution < -0.4 is 4.72 Å². The van der Waals surface area contributed by atoms with Gasteiger partial charge in [0.2, 0.25) is 5.95 Å². The Bertz CT molecular complexity index is 715. The minimum atomic E-state index is -4.16. The van der Waals surface area contributed by atoms with Crippen molar-refractivity contribution < 1.29 is 13.3 Å². The number of aromatic nitrogens is 3. The molecule has 0 spiro atoms. The number of anilines is 1. The summed E-state index contributed by atoms with van der Waals surface area (Å²) in [6.45, 7) is 0. The lowest BCUT2D eigenvalue weighted by Crippen LogP contribution is -2.15. The van der Waals surface area contributed by atoms with Crippen LogP contribution >= 0.6 is 11.6 Å². The Morgan fingerprint density at radius 3 is 2.74 bits per heavy atom. The van der Waals surface area contributed by atoms with Gasteiger partial charge in [0, 0.05) is 11.1 Å². The number of hydrogen-bond donors (Lipinski definition) is 2. The van der Waals surface area contributed by atoms with Gasteiger partial charge in [-0.05, 0) is 12.1 Å². The molecule has 0 aliphatic carbocycles. The fourth-order valence-electron chi connectivity index (χ4n) is 1.30. The highest BCUT2D eigenvalue weighted by atomic mass is 35.5. The first-order chi connectivity index (χ1) is 8.90. The number of nitro benzene ring substituents is 1. The SMILES string of the molecule is O=[N+]([O-])c1cc(Cl)ccc1S(=O)(=O)Nc1ncn[nH]1. The van der Waals surface area contributed by atoms with E-state index in [-0.39, 0.29) is 11.0 Å². The highest BCUT2D eigenvalue weighted by Crippen LogP contribution is 2.27. The molecule has 0 fully saturated rings. The largest absolute Gasteiger partial charge is 0.291 e. The third-order valence-corrected chi connectivity index (χ3v) is 3.67. The number of nitrogens with one attached hydrogen (secondary N) is 2. The maximum absolute atomic E-state index is 12.0. The lowest BCUT2D eigenvalue weighted by Gasteiger charge is -2.05. The van der Waals surface area contributed by atoms with Crippen molar-refractivity contribution >= 4 is 33.3 Å². The van der Waals surface area contributed by atoms with Crippen LogP contribution in [0, 0.1) is 10.1 Å². The number of H-pyrrole nitrogens is 1. The van der Waals surface area contributed by atoms with E-state index in [1.165, 1.54) is 6.07 Å². The monoisotopic (exact) mass is 303 g/mol. The second-order valence-corrected chi connectivity index (χ2v) is 5.40.